The first kappa shape index (κ1) is 12.5. The summed E-state index contributed by atoms with van der Waals surface area (Å²) in [5.74, 6) is 0.297. The summed E-state index contributed by atoms with van der Waals surface area (Å²) in [4.78, 5) is 0. The second-order valence-electron chi connectivity index (χ2n) is 4.06. The highest BCUT2D eigenvalue weighted by atomic mass is 35.5. The molecule has 0 saturated heterocycles. The maximum atomic E-state index is 13.1. The van der Waals surface area contributed by atoms with E-state index < -0.39 is 0 Å². The van der Waals surface area contributed by atoms with Crippen molar-refractivity contribution in [2.45, 2.75) is 20.3 Å². The van der Waals surface area contributed by atoms with Crippen LogP contribution >= 0.6 is 11.6 Å². The van der Waals surface area contributed by atoms with Crippen LogP contribution in [-0.2, 0) is 6.42 Å². The van der Waals surface area contributed by atoms with Gasteiger partial charge in [0.15, 0.2) is 0 Å². The molecule has 1 nitrogen and oxygen atoms in total. The Morgan fingerprint density at radius 3 is 2.80 bits per heavy atom. The third-order valence-corrected chi connectivity index (χ3v) is 2.58. The molecule has 3 heteroatoms. The minimum Gasteiger partial charge on any atom is -0.316 e. The summed E-state index contributed by atoms with van der Waals surface area (Å²) in [5.41, 5.74) is 0.868. The number of benzene rings is 1. The van der Waals surface area contributed by atoms with Crippen molar-refractivity contribution in [3.8, 4) is 0 Å². The van der Waals surface area contributed by atoms with Crippen LogP contribution in [0.15, 0.2) is 18.2 Å². The van der Waals surface area contributed by atoms with Crippen molar-refractivity contribution < 1.29 is 4.39 Å². The Bertz CT molecular complexity index is 312. The molecule has 0 aliphatic heterocycles. The summed E-state index contributed by atoms with van der Waals surface area (Å²) in [5, 5.41) is 3.55. The van der Waals surface area contributed by atoms with Gasteiger partial charge in [-0.3, -0.25) is 0 Å². The minimum absolute atomic E-state index is 0.254. The van der Waals surface area contributed by atoms with Gasteiger partial charge in [-0.2, -0.15) is 0 Å². The summed E-state index contributed by atoms with van der Waals surface area (Å²) in [7, 11) is 0. The lowest BCUT2D eigenvalue weighted by atomic mass is 10.1. The number of hydrogen-bond donors (Lipinski definition) is 1. The van der Waals surface area contributed by atoms with E-state index >= 15 is 0 Å². The van der Waals surface area contributed by atoms with Crippen LogP contribution in [0.5, 0.6) is 0 Å². The predicted molar refractivity (Wildman–Crippen MR) is 62.8 cm³/mol. The fourth-order valence-corrected chi connectivity index (χ4v) is 1.58. The lowest BCUT2D eigenvalue weighted by Gasteiger charge is -2.08. The summed E-state index contributed by atoms with van der Waals surface area (Å²) in [6.07, 6.45) is 0.767. The van der Waals surface area contributed by atoms with E-state index in [1.165, 1.54) is 6.07 Å². The highest BCUT2D eigenvalue weighted by molar-refractivity contribution is 6.31. The van der Waals surface area contributed by atoms with Crippen LogP contribution in [0.2, 0.25) is 5.02 Å². The van der Waals surface area contributed by atoms with Crippen molar-refractivity contribution in [1.29, 1.82) is 0 Å². The van der Waals surface area contributed by atoms with Crippen LogP contribution in [0.1, 0.15) is 19.4 Å². The van der Waals surface area contributed by atoms with Crippen molar-refractivity contribution in [3.05, 3.63) is 34.6 Å². The first-order chi connectivity index (χ1) is 7.11. The van der Waals surface area contributed by atoms with Crippen molar-refractivity contribution >= 4 is 11.6 Å². The highest BCUT2D eigenvalue weighted by Gasteiger charge is 2.04. The average molecular weight is 230 g/mol. The van der Waals surface area contributed by atoms with Gasteiger partial charge < -0.3 is 5.32 Å². The van der Waals surface area contributed by atoms with Gasteiger partial charge in [0, 0.05) is 0 Å². The molecular weight excluding hydrogens is 213 g/mol. The molecule has 1 rings (SSSR count). The molecule has 0 aliphatic carbocycles. The normalized spacial score (nSPS) is 11.0. The zero-order valence-corrected chi connectivity index (χ0v) is 9.94. The largest absolute Gasteiger partial charge is 0.316 e. The van der Waals surface area contributed by atoms with Gasteiger partial charge in [0.1, 0.15) is 5.82 Å². The molecular formula is C12H17ClFN. The minimum atomic E-state index is -0.335. The SMILES string of the molecule is CC(C)CNCCc1cccc(F)c1Cl. The van der Waals surface area contributed by atoms with E-state index in [0.29, 0.717) is 5.92 Å². The summed E-state index contributed by atoms with van der Waals surface area (Å²) in [6.45, 7) is 6.12. The van der Waals surface area contributed by atoms with Gasteiger partial charge in [-0.25, -0.2) is 4.39 Å². The summed E-state index contributed by atoms with van der Waals surface area (Å²) >= 11 is 5.83. The Kier molecular flexibility index (Phi) is 5.06. The number of rotatable bonds is 5. The van der Waals surface area contributed by atoms with Crippen LogP contribution in [0, 0.1) is 11.7 Å². The summed E-state index contributed by atoms with van der Waals surface area (Å²) in [6, 6.07) is 4.94. The first-order valence-electron chi connectivity index (χ1n) is 5.25. The van der Waals surface area contributed by atoms with E-state index in [4.69, 9.17) is 11.6 Å². The molecule has 15 heavy (non-hydrogen) atoms. The Morgan fingerprint density at radius 1 is 1.40 bits per heavy atom. The fraction of sp³-hybridized carbons (Fsp3) is 0.500. The number of hydrogen-bond acceptors (Lipinski definition) is 1. The second-order valence-corrected chi connectivity index (χ2v) is 4.44. The second kappa shape index (κ2) is 6.09. The Morgan fingerprint density at radius 2 is 2.13 bits per heavy atom. The summed E-state index contributed by atoms with van der Waals surface area (Å²) < 4.78 is 13.1. The van der Waals surface area contributed by atoms with Crippen LogP contribution in [-0.4, -0.2) is 13.1 Å². The van der Waals surface area contributed by atoms with E-state index in [1.54, 1.807) is 6.07 Å². The molecule has 0 spiro atoms. The van der Waals surface area contributed by atoms with E-state index in [-0.39, 0.29) is 10.8 Å². The monoisotopic (exact) mass is 229 g/mol. The molecule has 1 aromatic carbocycles. The topological polar surface area (TPSA) is 12.0 Å². The quantitative estimate of drug-likeness (QED) is 0.765. The average Bonchev–Trinajstić information content (AvgIpc) is 2.18. The molecule has 0 amide bonds. The zero-order chi connectivity index (χ0) is 11.3. The molecule has 1 N–H and O–H groups in total. The van der Waals surface area contributed by atoms with Crippen LogP contribution in [0.25, 0.3) is 0 Å². The smallest absolute Gasteiger partial charge is 0.142 e. The molecule has 0 aliphatic rings. The van der Waals surface area contributed by atoms with E-state index in [9.17, 15) is 4.39 Å². The standard InChI is InChI=1S/C12H17ClFN/c1-9(2)8-15-7-6-10-4-3-5-11(14)12(10)13/h3-5,9,15H,6-8H2,1-2H3. The Hall–Kier alpha value is -0.600. The van der Waals surface area contributed by atoms with Crippen LogP contribution in [0.4, 0.5) is 4.39 Å². The Balaban J connectivity index is 2.41. The van der Waals surface area contributed by atoms with Gasteiger partial charge in [0.05, 0.1) is 5.02 Å². The van der Waals surface area contributed by atoms with Gasteiger partial charge in [-0.1, -0.05) is 37.6 Å². The maximum absolute atomic E-state index is 13.1. The predicted octanol–water partition coefficient (Wildman–Crippen LogP) is 3.27. The van der Waals surface area contributed by atoms with Crippen molar-refractivity contribution in [3.63, 3.8) is 0 Å². The molecule has 0 unspecified atom stereocenters. The molecule has 1 aromatic rings. The van der Waals surface area contributed by atoms with Crippen LogP contribution < -0.4 is 5.32 Å². The first-order valence-corrected chi connectivity index (χ1v) is 5.62. The van der Waals surface area contributed by atoms with Crippen LogP contribution in [0.3, 0.4) is 0 Å². The third kappa shape index (κ3) is 4.18. The lowest BCUT2D eigenvalue weighted by Crippen LogP contribution is -2.22. The van der Waals surface area contributed by atoms with Gasteiger partial charge in [0.25, 0.3) is 0 Å². The third-order valence-electron chi connectivity index (χ3n) is 2.16. The van der Waals surface area contributed by atoms with E-state index in [1.807, 2.05) is 6.07 Å². The van der Waals surface area contributed by atoms with Gasteiger partial charge in [0.2, 0.25) is 0 Å². The molecule has 0 bridgehead atoms. The van der Waals surface area contributed by atoms with Crippen molar-refractivity contribution in [2.24, 2.45) is 5.92 Å². The molecule has 0 fully saturated rings. The van der Waals surface area contributed by atoms with E-state index in [0.717, 1.165) is 25.1 Å². The molecule has 0 radical (unpaired) electrons. The fourth-order valence-electron chi connectivity index (χ4n) is 1.36. The van der Waals surface area contributed by atoms with E-state index in [2.05, 4.69) is 19.2 Å². The molecule has 0 aromatic heterocycles. The van der Waals surface area contributed by atoms with Crippen molar-refractivity contribution in [2.75, 3.05) is 13.1 Å². The lowest BCUT2D eigenvalue weighted by molar-refractivity contribution is 0.553. The number of nitrogens with one attached hydrogen (secondary N) is 1. The molecule has 0 saturated carbocycles. The highest BCUT2D eigenvalue weighted by Crippen LogP contribution is 2.19. The molecule has 84 valence electrons. The van der Waals surface area contributed by atoms with Gasteiger partial charge in [-0.05, 0) is 37.1 Å². The zero-order valence-electron chi connectivity index (χ0n) is 9.19. The number of halogens is 2. The maximum Gasteiger partial charge on any atom is 0.142 e. The van der Waals surface area contributed by atoms with Crippen molar-refractivity contribution in [1.82, 2.24) is 5.32 Å². The van der Waals surface area contributed by atoms with Gasteiger partial charge in [-0.15, -0.1) is 0 Å². The molecule has 0 atom stereocenters. The van der Waals surface area contributed by atoms with Gasteiger partial charge >= 0.3 is 0 Å². The molecule has 0 heterocycles. The Labute approximate surface area is 95.6 Å².